The number of imide groups is 1. The molecule has 2 aliphatic rings. The topological polar surface area (TPSA) is 179 Å². The molecule has 2 aliphatic heterocycles. The van der Waals surface area contributed by atoms with E-state index < -0.39 is 11.9 Å². The number of carbonyl (C=O) groups excluding carboxylic acids is 5. The van der Waals surface area contributed by atoms with E-state index in [-0.39, 0.29) is 54.8 Å². The first kappa shape index (κ1) is 36.8. The minimum Gasteiger partial charge on any atom is -0.359 e. The molecule has 13 heteroatoms. The summed E-state index contributed by atoms with van der Waals surface area (Å²) in [5.74, 6) is 4.80. The van der Waals surface area contributed by atoms with Gasteiger partial charge in [-0.15, -0.1) is 0 Å². The molecule has 1 atom stereocenters. The predicted molar refractivity (Wildman–Crippen MR) is 214 cm³/mol. The zero-order valence-corrected chi connectivity index (χ0v) is 31.5. The van der Waals surface area contributed by atoms with Crippen LogP contribution in [0.25, 0.3) is 44.3 Å². The van der Waals surface area contributed by atoms with Gasteiger partial charge in [-0.05, 0) is 65.3 Å². The van der Waals surface area contributed by atoms with Crippen LogP contribution in [-0.4, -0.2) is 74.0 Å². The van der Waals surface area contributed by atoms with Crippen molar-refractivity contribution in [1.29, 1.82) is 0 Å². The number of nitrogens with one attached hydrogen (secondary N) is 4. The van der Waals surface area contributed by atoms with Crippen molar-refractivity contribution in [3.05, 3.63) is 113 Å². The Kier molecular flexibility index (Phi) is 9.77. The number of nitrogens with zero attached hydrogens (tertiary/aromatic N) is 4. The number of carbonyl (C=O) groups is 5. The molecule has 0 bridgehead atoms. The smallest absolute Gasteiger partial charge is 0.269 e. The lowest BCUT2D eigenvalue weighted by Crippen LogP contribution is -2.52. The van der Waals surface area contributed by atoms with E-state index in [0.717, 1.165) is 44.2 Å². The fraction of sp³-hybridized carbons (Fsp3) is 0.227. The van der Waals surface area contributed by atoms with Crippen LogP contribution < -0.4 is 16.0 Å². The minimum atomic E-state index is -0.695. The Hall–Kier alpha value is -7.20. The quantitative estimate of drug-likeness (QED) is 0.0923. The largest absolute Gasteiger partial charge is 0.359 e. The van der Waals surface area contributed by atoms with Crippen LogP contribution in [0, 0.1) is 11.8 Å². The van der Waals surface area contributed by atoms with Crippen molar-refractivity contribution in [2.75, 3.05) is 13.6 Å². The Morgan fingerprint density at radius 1 is 0.965 bits per heavy atom. The monoisotopic (exact) mass is 758 g/mol. The molecule has 0 spiro atoms. The van der Waals surface area contributed by atoms with Crippen LogP contribution in [0.1, 0.15) is 86.9 Å². The highest BCUT2D eigenvalue weighted by Crippen LogP contribution is 2.35. The van der Waals surface area contributed by atoms with Crippen LogP contribution in [0.4, 0.5) is 0 Å². The molecule has 4 N–H and O–H groups in total. The molecule has 4 aromatic heterocycles. The van der Waals surface area contributed by atoms with Crippen molar-refractivity contribution in [1.82, 2.24) is 40.8 Å². The van der Waals surface area contributed by atoms with Crippen LogP contribution in [0.5, 0.6) is 0 Å². The van der Waals surface area contributed by atoms with Gasteiger partial charge in [0.05, 0.1) is 22.5 Å². The Bertz CT molecular complexity index is 2710. The highest BCUT2D eigenvalue weighted by Gasteiger charge is 2.39. The zero-order chi connectivity index (χ0) is 39.8. The number of hydrogen-bond acceptors (Lipinski definition) is 8. The normalized spacial score (nSPS) is 15.1. The molecule has 57 heavy (non-hydrogen) atoms. The number of aromatic amines is 1. The molecule has 1 saturated heterocycles. The first-order chi connectivity index (χ1) is 27.6. The minimum absolute atomic E-state index is 0.188. The molecule has 6 heterocycles. The number of benzene rings is 2. The fourth-order valence-corrected chi connectivity index (χ4v) is 7.45. The summed E-state index contributed by atoms with van der Waals surface area (Å²) in [6.07, 6.45) is 5.98. The molecule has 0 saturated carbocycles. The summed E-state index contributed by atoms with van der Waals surface area (Å²) in [6, 6.07) is 18.1. The van der Waals surface area contributed by atoms with Gasteiger partial charge in [-0.25, -0.2) is 4.98 Å². The van der Waals surface area contributed by atoms with Crippen LogP contribution in [-0.2, 0) is 16.1 Å². The van der Waals surface area contributed by atoms with Gasteiger partial charge in [-0.1, -0.05) is 50.0 Å². The van der Waals surface area contributed by atoms with Crippen LogP contribution in [0.2, 0.25) is 0 Å². The van der Waals surface area contributed by atoms with Crippen LogP contribution in [0.15, 0.2) is 79.3 Å². The highest BCUT2D eigenvalue weighted by atomic mass is 16.2. The lowest BCUT2D eigenvalue weighted by atomic mass is 9.96. The van der Waals surface area contributed by atoms with Crippen molar-refractivity contribution < 1.29 is 24.0 Å². The summed E-state index contributed by atoms with van der Waals surface area (Å²) in [7, 11) is 1.60. The maximum absolute atomic E-state index is 13.1. The number of H-pyrrole nitrogens is 1. The van der Waals surface area contributed by atoms with Gasteiger partial charge in [0.2, 0.25) is 11.8 Å². The van der Waals surface area contributed by atoms with E-state index in [2.05, 4.69) is 57.7 Å². The molecule has 13 nitrogen and oxygen atoms in total. The van der Waals surface area contributed by atoms with Gasteiger partial charge >= 0.3 is 0 Å². The summed E-state index contributed by atoms with van der Waals surface area (Å²) in [5.41, 5.74) is 8.30. The molecule has 284 valence electrons. The Balaban J connectivity index is 0.927. The summed E-state index contributed by atoms with van der Waals surface area (Å²) < 4.78 is 0. The second-order valence-corrected chi connectivity index (χ2v) is 14.3. The lowest BCUT2D eigenvalue weighted by Gasteiger charge is -2.29. The molecule has 0 radical (unpaired) electrons. The van der Waals surface area contributed by atoms with E-state index in [9.17, 15) is 24.0 Å². The van der Waals surface area contributed by atoms with Gasteiger partial charge in [0.25, 0.3) is 17.7 Å². The van der Waals surface area contributed by atoms with Gasteiger partial charge in [0.1, 0.15) is 17.3 Å². The Morgan fingerprint density at radius 2 is 1.79 bits per heavy atom. The van der Waals surface area contributed by atoms with Gasteiger partial charge in [0, 0.05) is 79.2 Å². The summed E-state index contributed by atoms with van der Waals surface area (Å²) >= 11 is 0. The van der Waals surface area contributed by atoms with E-state index in [1.165, 1.54) is 4.90 Å². The van der Waals surface area contributed by atoms with Gasteiger partial charge in [-0.3, -0.25) is 39.3 Å². The van der Waals surface area contributed by atoms with Crippen LogP contribution in [0.3, 0.4) is 0 Å². The number of aromatic nitrogens is 4. The van der Waals surface area contributed by atoms with Crippen molar-refractivity contribution >= 4 is 51.3 Å². The molecule has 8 rings (SSSR count). The highest BCUT2D eigenvalue weighted by molar-refractivity contribution is 6.07. The third kappa shape index (κ3) is 6.97. The number of rotatable bonds is 8. The molecule has 5 amide bonds. The number of amides is 5. The van der Waals surface area contributed by atoms with E-state index in [4.69, 9.17) is 9.97 Å². The SMILES string of the molecule is CNC(=O)c1c[nH]c2c(C(C)C)cc(-c3cccc4cc(-c5ccc(C(=O)NCCC#Cc6cccc7c6CN(C6CCC(=O)NC6=O)C7=O)nc5)ncc34)nc12. The molecule has 1 fully saturated rings. The summed E-state index contributed by atoms with van der Waals surface area (Å²) in [5, 5.41) is 9.74. The first-order valence-electron chi connectivity index (χ1n) is 18.7. The number of hydrogen-bond donors (Lipinski definition) is 4. The summed E-state index contributed by atoms with van der Waals surface area (Å²) in [6.45, 7) is 4.75. The second-order valence-electron chi connectivity index (χ2n) is 14.3. The van der Waals surface area contributed by atoms with Gasteiger partial charge < -0.3 is 20.5 Å². The third-order valence-electron chi connectivity index (χ3n) is 10.4. The zero-order valence-electron chi connectivity index (χ0n) is 31.5. The average molecular weight is 759 g/mol. The Morgan fingerprint density at radius 3 is 2.56 bits per heavy atom. The number of fused-ring (bicyclic) bond motifs is 3. The molecule has 2 aromatic carbocycles. The summed E-state index contributed by atoms with van der Waals surface area (Å²) in [4.78, 5) is 81.6. The van der Waals surface area contributed by atoms with Gasteiger partial charge in [0.15, 0.2) is 0 Å². The van der Waals surface area contributed by atoms with Crippen molar-refractivity contribution in [2.45, 2.75) is 51.6 Å². The molecular formula is C44H38N8O5. The molecule has 0 aliphatic carbocycles. The maximum atomic E-state index is 13.1. The lowest BCUT2D eigenvalue weighted by molar-refractivity contribution is -0.136. The van der Waals surface area contributed by atoms with E-state index in [1.54, 1.807) is 37.6 Å². The standard InChI is InChI=1S/C44H38N8O5/c1-24(2)30-19-36(50-40-32(41(54)45-3)22-49-39(30)40)28-11-7-10-26-18-35(48-21-31(26)28)27-13-14-34(47-20-27)42(55)46-17-5-4-8-25-9-6-12-29-33(25)23-52(44(29)57)37-15-16-38(53)51-43(37)56/h6-7,9-14,18-22,24,37,49H,5,15-17,23H2,1-3H3,(H,45,54)(H,46,55)(H,51,53,56). The number of pyridine rings is 3. The van der Waals surface area contributed by atoms with E-state index >= 15 is 0 Å². The van der Waals surface area contributed by atoms with Crippen molar-refractivity contribution in [2.24, 2.45) is 0 Å². The third-order valence-corrected chi connectivity index (χ3v) is 10.4. The molecule has 6 aromatic rings. The van der Waals surface area contributed by atoms with Gasteiger partial charge in [-0.2, -0.15) is 0 Å². The Labute approximate surface area is 327 Å². The van der Waals surface area contributed by atoms with E-state index in [0.29, 0.717) is 40.7 Å². The van der Waals surface area contributed by atoms with Crippen LogP contribution >= 0.6 is 0 Å². The van der Waals surface area contributed by atoms with E-state index in [1.807, 2.05) is 42.6 Å². The van der Waals surface area contributed by atoms with Crippen molar-refractivity contribution in [3.63, 3.8) is 0 Å². The fourth-order valence-electron chi connectivity index (χ4n) is 7.45. The first-order valence-corrected chi connectivity index (χ1v) is 18.7. The maximum Gasteiger partial charge on any atom is 0.269 e. The van der Waals surface area contributed by atoms with Crippen molar-refractivity contribution in [3.8, 4) is 34.4 Å². The number of piperidine rings is 1. The molecule has 1 unspecified atom stereocenters. The predicted octanol–water partition coefficient (Wildman–Crippen LogP) is 5.26. The second kappa shape index (κ2) is 15.1. The average Bonchev–Trinajstić information content (AvgIpc) is 3.80. The molecular weight excluding hydrogens is 721 g/mol.